The van der Waals surface area contributed by atoms with Gasteiger partial charge in [0.1, 0.15) is 0 Å². The topological polar surface area (TPSA) is 0 Å². The highest BCUT2D eigenvalue weighted by atomic mass is 13.6. The second-order valence-electron chi connectivity index (χ2n) is 1.63. The van der Waals surface area contributed by atoms with Crippen molar-refractivity contribution in [2.45, 2.75) is 12.8 Å². The molecule has 0 nitrogen and oxygen atoms in total. The van der Waals surface area contributed by atoms with Crippen molar-refractivity contribution < 1.29 is 0 Å². The molecular weight excluding hydrogens is 120 g/mol. The lowest BCUT2D eigenvalue weighted by Crippen LogP contribution is -1.43. The molecule has 0 saturated heterocycles. The molecule has 0 aromatic rings. The lowest BCUT2D eigenvalue weighted by molar-refractivity contribution is 1.42. The molecule has 0 N–H and O–H groups in total. The Bertz CT molecular complexity index is 72.6. The first-order chi connectivity index (χ1) is 4.83. The van der Waals surface area contributed by atoms with E-state index in [1.54, 1.807) is 0 Å². The van der Waals surface area contributed by atoms with Gasteiger partial charge < -0.3 is 0 Å². The molecule has 10 heavy (non-hydrogen) atoms. The number of hydrogen-bond donors (Lipinski definition) is 0. The largest absolute Gasteiger partial charge is 0.103 e. The van der Waals surface area contributed by atoms with Crippen LogP contribution in [-0.2, 0) is 0 Å². The van der Waals surface area contributed by atoms with Crippen LogP contribution in [0.15, 0.2) is 50.6 Å². The molecule has 0 saturated carbocycles. The Morgan fingerprint density at radius 2 is 0.800 bits per heavy atom. The van der Waals surface area contributed by atoms with Crippen LogP contribution in [0.3, 0.4) is 0 Å². The normalized spacial score (nSPS) is 6.40. The van der Waals surface area contributed by atoms with Crippen molar-refractivity contribution in [2.75, 3.05) is 0 Å². The highest BCUT2D eigenvalue weighted by Gasteiger charge is 1.53. The summed E-state index contributed by atoms with van der Waals surface area (Å²) in [6.07, 6.45) is 9.08. The summed E-state index contributed by atoms with van der Waals surface area (Å²) in [5.74, 6) is 0. The summed E-state index contributed by atoms with van der Waals surface area (Å²) in [6, 6.07) is 0. The molecule has 0 spiro atoms. The molecule has 0 aliphatic heterocycles. The van der Waals surface area contributed by atoms with Crippen LogP contribution in [0.4, 0.5) is 0 Å². The van der Waals surface area contributed by atoms with E-state index in [0.717, 1.165) is 12.8 Å². The molecule has 0 amide bonds. The fraction of sp³-hybridized carbons (Fsp3) is 0.200. The van der Waals surface area contributed by atoms with Crippen LogP contribution in [0.25, 0.3) is 0 Å². The summed E-state index contributed by atoms with van der Waals surface area (Å²) >= 11 is 0. The second kappa shape index (κ2) is 15.7. The smallest absolute Gasteiger partial charge is 0.0175 e. The van der Waals surface area contributed by atoms with Gasteiger partial charge in [-0.3, -0.25) is 0 Å². The molecule has 0 rings (SSSR count). The van der Waals surface area contributed by atoms with Gasteiger partial charge in [0.25, 0.3) is 0 Å². The monoisotopic (exact) mass is 136 g/mol. The Labute approximate surface area is 64.3 Å². The maximum absolute atomic E-state index is 3.48. The molecule has 0 heterocycles. The fourth-order valence-electron chi connectivity index (χ4n) is 0.236. The number of hydrogen-bond acceptors (Lipinski definition) is 0. The van der Waals surface area contributed by atoms with E-state index in [1.165, 1.54) is 0 Å². The van der Waals surface area contributed by atoms with Crippen LogP contribution in [0.1, 0.15) is 12.8 Å². The van der Waals surface area contributed by atoms with E-state index in [2.05, 4.69) is 26.3 Å². The third-order valence-corrected chi connectivity index (χ3v) is 0.667. The zero-order valence-corrected chi connectivity index (χ0v) is 6.55. The van der Waals surface area contributed by atoms with Crippen LogP contribution in [0.2, 0.25) is 0 Å². The first-order valence-corrected chi connectivity index (χ1v) is 3.27. The third-order valence-electron chi connectivity index (χ3n) is 0.667. The van der Waals surface area contributed by atoms with E-state index >= 15 is 0 Å². The van der Waals surface area contributed by atoms with Crippen molar-refractivity contribution in [2.24, 2.45) is 0 Å². The SMILES string of the molecule is C=CCC=C.C=CCC=C. The van der Waals surface area contributed by atoms with Crippen molar-refractivity contribution >= 4 is 0 Å². The Morgan fingerprint density at radius 3 is 0.800 bits per heavy atom. The Hall–Kier alpha value is -1.04. The lowest BCUT2D eigenvalue weighted by Gasteiger charge is -1.64. The predicted molar refractivity (Wildman–Crippen MR) is 50.0 cm³/mol. The van der Waals surface area contributed by atoms with Crippen molar-refractivity contribution in [3.63, 3.8) is 0 Å². The Kier molecular flexibility index (Phi) is 18.4. The van der Waals surface area contributed by atoms with Gasteiger partial charge in [0, 0.05) is 0 Å². The molecule has 0 aromatic heterocycles. The van der Waals surface area contributed by atoms with Crippen LogP contribution < -0.4 is 0 Å². The van der Waals surface area contributed by atoms with Gasteiger partial charge in [-0.2, -0.15) is 0 Å². The van der Waals surface area contributed by atoms with Crippen molar-refractivity contribution in [3.05, 3.63) is 50.6 Å². The third kappa shape index (κ3) is 28.2. The van der Waals surface area contributed by atoms with Gasteiger partial charge in [-0.15, -0.1) is 26.3 Å². The zero-order valence-electron chi connectivity index (χ0n) is 6.55. The van der Waals surface area contributed by atoms with Gasteiger partial charge in [-0.1, -0.05) is 24.3 Å². The zero-order chi connectivity index (χ0) is 8.24. The highest BCUT2D eigenvalue weighted by molar-refractivity contribution is 4.79. The molecule has 0 aromatic carbocycles. The van der Waals surface area contributed by atoms with Gasteiger partial charge in [0.05, 0.1) is 0 Å². The first kappa shape index (κ1) is 11.7. The maximum atomic E-state index is 3.48. The van der Waals surface area contributed by atoms with E-state index in [-0.39, 0.29) is 0 Å². The predicted octanol–water partition coefficient (Wildman–Crippen LogP) is 3.50. The van der Waals surface area contributed by atoms with Gasteiger partial charge in [0.2, 0.25) is 0 Å². The van der Waals surface area contributed by atoms with E-state index in [0.29, 0.717) is 0 Å². The van der Waals surface area contributed by atoms with Gasteiger partial charge in [-0.05, 0) is 12.8 Å². The standard InChI is InChI=1S/2C5H8/c2*1-3-5-4-2/h2*3-4H,1-2,5H2. The van der Waals surface area contributed by atoms with Crippen molar-refractivity contribution in [3.8, 4) is 0 Å². The summed E-state index contributed by atoms with van der Waals surface area (Å²) in [4.78, 5) is 0. The Balaban J connectivity index is 0. The first-order valence-electron chi connectivity index (χ1n) is 3.27. The molecule has 0 radical (unpaired) electrons. The average Bonchev–Trinajstić information content (AvgIpc) is 1.93. The van der Waals surface area contributed by atoms with E-state index in [4.69, 9.17) is 0 Å². The molecular formula is C10H16. The van der Waals surface area contributed by atoms with Gasteiger partial charge in [-0.25, -0.2) is 0 Å². The fourth-order valence-corrected chi connectivity index (χ4v) is 0.236. The van der Waals surface area contributed by atoms with Crippen LogP contribution >= 0.6 is 0 Å². The van der Waals surface area contributed by atoms with Crippen LogP contribution in [0, 0.1) is 0 Å². The molecule has 0 fully saturated rings. The maximum Gasteiger partial charge on any atom is -0.0175 e. The molecule has 0 aliphatic carbocycles. The lowest BCUT2D eigenvalue weighted by atomic mass is 10.4. The number of allylic oxidation sites excluding steroid dienone is 4. The molecule has 0 atom stereocenters. The molecule has 56 valence electrons. The van der Waals surface area contributed by atoms with Crippen molar-refractivity contribution in [1.29, 1.82) is 0 Å². The minimum absolute atomic E-state index is 0.917. The van der Waals surface area contributed by atoms with Crippen molar-refractivity contribution in [1.82, 2.24) is 0 Å². The summed E-state index contributed by atoms with van der Waals surface area (Å²) in [5, 5.41) is 0. The van der Waals surface area contributed by atoms with Gasteiger partial charge >= 0.3 is 0 Å². The quantitative estimate of drug-likeness (QED) is 0.519. The van der Waals surface area contributed by atoms with Crippen LogP contribution in [-0.4, -0.2) is 0 Å². The molecule has 0 bridgehead atoms. The summed E-state index contributed by atoms with van der Waals surface area (Å²) < 4.78 is 0. The average molecular weight is 136 g/mol. The highest BCUT2D eigenvalue weighted by Crippen LogP contribution is 1.74. The van der Waals surface area contributed by atoms with E-state index < -0.39 is 0 Å². The minimum atomic E-state index is 0.917. The van der Waals surface area contributed by atoms with Gasteiger partial charge in [0.15, 0.2) is 0 Å². The summed E-state index contributed by atoms with van der Waals surface area (Å²) in [6.45, 7) is 13.9. The van der Waals surface area contributed by atoms with E-state index in [1.807, 2.05) is 24.3 Å². The Morgan fingerprint density at radius 1 is 0.600 bits per heavy atom. The second-order valence-corrected chi connectivity index (χ2v) is 1.63. The summed E-state index contributed by atoms with van der Waals surface area (Å²) in [7, 11) is 0. The summed E-state index contributed by atoms with van der Waals surface area (Å²) in [5.41, 5.74) is 0. The van der Waals surface area contributed by atoms with E-state index in [9.17, 15) is 0 Å². The molecule has 0 heteroatoms. The van der Waals surface area contributed by atoms with Crippen LogP contribution in [0.5, 0.6) is 0 Å². The minimum Gasteiger partial charge on any atom is -0.103 e. The number of rotatable bonds is 4. The molecule has 0 aliphatic rings. The molecule has 0 unspecified atom stereocenters.